The maximum atomic E-state index is 13.4. The number of piperidine rings is 1. The van der Waals surface area contributed by atoms with Crippen LogP contribution in [0.15, 0.2) is 77.9 Å². The van der Waals surface area contributed by atoms with Crippen LogP contribution in [0.2, 0.25) is 5.02 Å². The predicted molar refractivity (Wildman–Crippen MR) is 158 cm³/mol. The molecule has 0 bridgehead atoms. The van der Waals surface area contributed by atoms with Crippen LogP contribution in [0.3, 0.4) is 0 Å². The van der Waals surface area contributed by atoms with Crippen molar-refractivity contribution in [1.29, 1.82) is 0 Å². The standard InChI is InChI=1S/C31H30ClN5O5/c1-42-31(12-13-31)30(41)36-15-11-24(26(18-36)35-29(40)20-7-10-22-23(32)17-33-25(22)16-20)34-28(39)19-5-8-21(9-6-19)37-14-3-2-4-27(37)38/h2-10,14,16-17,24,26,33H,11-13,15,18H2,1H3,(H,34,39)(H,35,40)/t24-,26+/m0/s1. The monoisotopic (exact) mass is 587 g/mol. The van der Waals surface area contributed by atoms with Crippen molar-refractivity contribution in [3.05, 3.63) is 99.6 Å². The van der Waals surface area contributed by atoms with E-state index in [1.807, 2.05) is 0 Å². The smallest absolute Gasteiger partial charge is 0.255 e. The molecule has 3 heterocycles. The van der Waals surface area contributed by atoms with Gasteiger partial charge in [0.2, 0.25) is 0 Å². The number of H-pyrrole nitrogens is 1. The summed E-state index contributed by atoms with van der Waals surface area (Å²) < 4.78 is 7.00. The lowest BCUT2D eigenvalue weighted by Gasteiger charge is -2.40. The molecule has 2 atom stereocenters. The number of pyridine rings is 1. The van der Waals surface area contributed by atoms with E-state index in [2.05, 4.69) is 15.6 Å². The second-order valence-corrected chi connectivity index (χ2v) is 11.2. The van der Waals surface area contributed by atoms with Crippen molar-refractivity contribution in [3.8, 4) is 5.69 Å². The Balaban J connectivity index is 1.20. The molecule has 2 fully saturated rings. The van der Waals surface area contributed by atoms with Gasteiger partial charge in [-0.2, -0.15) is 0 Å². The first-order valence-electron chi connectivity index (χ1n) is 13.8. The number of carbonyl (C=O) groups excluding carboxylic acids is 3. The molecular formula is C31H30ClN5O5. The summed E-state index contributed by atoms with van der Waals surface area (Å²) in [5, 5.41) is 7.49. The molecule has 0 unspecified atom stereocenters. The van der Waals surface area contributed by atoms with Gasteiger partial charge >= 0.3 is 0 Å². The Bertz CT molecular complexity index is 1730. The largest absolute Gasteiger partial charge is 0.368 e. The fourth-order valence-electron chi connectivity index (χ4n) is 5.51. The number of aromatic amines is 1. The van der Waals surface area contributed by atoms with Crippen LogP contribution in [-0.2, 0) is 9.53 Å². The Labute approximate surface area is 246 Å². The van der Waals surface area contributed by atoms with Crippen LogP contribution < -0.4 is 16.2 Å². The van der Waals surface area contributed by atoms with Gasteiger partial charge in [0, 0.05) is 66.4 Å². The quantitative estimate of drug-likeness (QED) is 0.306. The summed E-state index contributed by atoms with van der Waals surface area (Å²) >= 11 is 6.19. The van der Waals surface area contributed by atoms with Crippen LogP contribution in [0, 0.1) is 0 Å². The molecule has 2 aromatic carbocycles. The molecule has 1 aliphatic carbocycles. The van der Waals surface area contributed by atoms with E-state index in [1.165, 1.54) is 10.6 Å². The van der Waals surface area contributed by atoms with Crippen LogP contribution in [0.5, 0.6) is 0 Å². The van der Waals surface area contributed by atoms with E-state index in [1.54, 1.807) is 79.0 Å². The average molecular weight is 588 g/mol. The van der Waals surface area contributed by atoms with Crippen LogP contribution in [0.1, 0.15) is 40.0 Å². The van der Waals surface area contributed by atoms with Gasteiger partial charge in [0.05, 0.1) is 17.1 Å². The van der Waals surface area contributed by atoms with Gasteiger partial charge in [-0.25, -0.2) is 0 Å². The molecule has 11 heteroatoms. The molecule has 0 radical (unpaired) electrons. The number of ether oxygens (including phenoxy) is 1. The van der Waals surface area contributed by atoms with E-state index in [4.69, 9.17) is 16.3 Å². The summed E-state index contributed by atoms with van der Waals surface area (Å²) in [7, 11) is 1.54. The zero-order valence-electron chi connectivity index (χ0n) is 22.9. The van der Waals surface area contributed by atoms with Crippen molar-refractivity contribution >= 4 is 40.2 Å². The number of aromatic nitrogens is 2. The number of fused-ring (bicyclic) bond motifs is 1. The second-order valence-electron chi connectivity index (χ2n) is 10.8. The van der Waals surface area contributed by atoms with E-state index < -0.39 is 17.7 Å². The normalized spacial score (nSPS) is 19.3. The van der Waals surface area contributed by atoms with E-state index >= 15 is 0 Å². The van der Waals surface area contributed by atoms with Crippen LogP contribution in [0.4, 0.5) is 0 Å². The Morgan fingerprint density at radius 1 is 0.976 bits per heavy atom. The number of benzene rings is 2. The lowest BCUT2D eigenvalue weighted by molar-refractivity contribution is -0.146. The van der Waals surface area contributed by atoms with Crippen molar-refractivity contribution < 1.29 is 19.1 Å². The zero-order valence-corrected chi connectivity index (χ0v) is 23.7. The number of hydrogen-bond donors (Lipinski definition) is 3. The molecule has 10 nitrogen and oxygen atoms in total. The van der Waals surface area contributed by atoms with Crippen molar-refractivity contribution in [2.75, 3.05) is 20.2 Å². The third kappa shape index (κ3) is 5.31. The molecule has 1 saturated carbocycles. The number of hydrogen-bond acceptors (Lipinski definition) is 5. The number of halogens is 1. The molecule has 4 aromatic rings. The summed E-state index contributed by atoms with van der Waals surface area (Å²) in [6.07, 6.45) is 5.11. The lowest BCUT2D eigenvalue weighted by Crippen LogP contribution is -2.62. The minimum absolute atomic E-state index is 0.0942. The predicted octanol–water partition coefficient (Wildman–Crippen LogP) is 3.28. The van der Waals surface area contributed by atoms with Gasteiger partial charge in [-0.1, -0.05) is 23.7 Å². The van der Waals surface area contributed by atoms with Gasteiger partial charge in [-0.05, 0) is 61.7 Å². The highest BCUT2D eigenvalue weighted by molar-refractivity contribution is 6.35. The summed E-state index contributed by atoms with van der Waals surface area (Å²) in [4.78, 5) is 56.9. The highest BCUT2D eigenvalue weighted by Gasteiger charge is 2.53. The highest BCUT2D eigenvalue weighted by atomic mass is 35.5. The van der Waals surface area contributed by atoms with Crippen LogP contribution in [0.25, 0.3) is 16.6 Å². The van der Waals surface area contributed by atoms with Gasteiger partial charge in [0.25, 0.3) is 23.3 Å². The molecule has 42 heavy (non-hydrogen) atoms. The van der Waals surface area contributed by atoms with Gasteiger partial charge in [0.15, 0.2) is 0 Å². The first-order chi connectivity index (χ1) is 20.3. The molecule has 6 rings (SSSR count). The van der Waals surface area contributed by atoms with E-state index in [-0.39, 0.29) is 29.8 Å². The van der Waals surface area contributed by atoms with E-state index in [9.17, 15) is 19.2 Å². The number of amides is 3. The number of nitrogens with one attached hydrogen (secondary N) is 3. The minimum Gasteiger partial charge on any atom is -0.368 e. The van der Waals surface area contributed by atoms with Gasteiger partial charge in [-0.3, -0.25) is 23.7 Å². The molecule has 0 spiro atoms. The molecule has 2 aliphatic rings. The second kappa shape index (κ2) is 11.1. The van der Waals surface area contributed by atoms with Crippen molar-refractivity contribution in [2.24, 2.45) is 0 Å². The Morgan fingerprint density at radius 2 is 1.69 bits per heavy atom. The molecular weight excluding hydrogens is 558 g/mol. The van der Waals surface area contributed by atoms with E-state index in [0.29, 0.717) is 47.6 Å². The molecule has 1 aliphatic heterocycles. The SMILES string of the molecule is COC1(C(=O)N2CC[C@H](NC(=O)c3ccc(-n4ccccc4=O)cc3)[C@H](NC(=O)c3ccc4c(Cl)c[nH]c4c3)C2)CC1. The number of carbonyl (C=O) groups is 3. The minimum atomic E-state index is -0.787. The fraction of sp³-hybridized carbons (Fsp3) is 0.290. The van der Waals surface area contributed by atoms with Gasteiger partial charge in [0.1, 0.15) is 5.60 Å². The third-order valence-corrected chi connectivity index (χ3v) is 8.45. The fourth-order valence-corrected chi connectivity index (χ4v) is 5.73. The summed E-state index contributed by atoms with van der Waals surface area (Å²) in [6, 6.07) is 15.8. The molecule has 216 valence electrons. The average Bonchev–Trinajstić information content (AvgIpc) is 3.73. The topological polar surface area (TPSA) is 126 Å². The van der Waals surface area contributed by atoms with Crippen LogP contribution in [-0.4, -0.2) is 70.1 Å². The summed E-state index contributed by atoms with van der Waals surface area (Å²) in [5.41, 5.74) is 1.25. The highest BCUT2D eigenvalue weighted by Crippen LogP contribution is 2.41. The molecule has 1 saturated heterocycles. The number of nitrogens with zero attached hydrogens (tertiary/aromatic N) is 2. The maximum Gasteiger partial charge on any atom is 0.255 e. The summed E-state index contributed by atoms with van der Waals surface area (Å²) in [6.45, 7) is 0.650. The lowest BCUT2D eigenvalue weighted by atomic mass is 9.97. The number of rotatable bonds is 7. The maximum absolute atomic E-state index is 13.4. The number of methoxy groups -OCH3 is 1. The molecule has 3 N–H and O–H groups in total. The summed E-state index contributed by atoms with van der Waals surface area (Å²) in [5.74, 6) is -0.737. The zero-order chi connectivity index (χ0) is 29.4. The third-order valence-electron chi connectivity index (χ3n) is 8.14. The van der Waals surface area contributed by atoms with E-state index in [0.717, 1.165) is 10.9 Å². The number of likely N-dealkylation sites (tertiary alicyclic amines) is 1. The molecule has 2 aromatic heterocycles. The van der Waals surface area contributed by atoms with Gasteiger partial charge in [-0.15, -0.1) is 0 Å². The molecule has 3 amide bonds. The van der Waals surface area contributed by atoms with Gasteiger partial charge < -0.3 is 25.3 Å². The first-order valence-corrected chi connectivity index (χ1v) is 14.2. The van der Waals surface area contributed by atoms with Crippen molar-refractivity contribution in [2.45, 2.75) is 36.9 Å². The van der Waals surface area contributed by atoms with Crippen LogP contribution >= 0.6 is 11.6 Å². The first kappa shape index (κ1) is 27.7. The Kier molecular flexibility index (Phi) is 7.34. The van der Waals surface area contributed by atoms with Crippen molar-refractivity contribution in [3.63, 3.8) is 0 Å². The Hall–Kier alpha value is -4.41. The Morgan fingerprint density at radius 3 is 2.40 bits per heavy atom. The van der Waals surface area contributed by atoms with Crippen molar-refractivity contribution in [1.82, 2.24) is 25.1 Å².